The number of thiophene rings is 1. The van der Waals surface area contributed by atoms with Gasteiger partial charge in [0.1, 0.15) is 17.5 Å². The van der Waals surface area contributed by atoms with Crippen LogP contribution in [-0.2, 0) is 5.60 Å². The molecule has 0 radical (unpaired) electrons. The minimum Gasteiger partial charge on any atom is -0.376 e. The number of benzene rings is 1. The van der Waals surface area contributed by atoms with Gasteiger partial charge in [0.25, 0.3) is 0 Å². The number of aliphatic hydroxyl groups is 1. The zero-order valence-corrected chi connectivity index (χ0v) is 14.8. The highest BCUT2D eigenvalue weighted by atomic mass is 79.9. The molecule has 0 saturated carbocycles. The summed E-state index contributed by atoms with van der Waals surface area (Å²) in [6.45, 7) is 1.59. The summed E-state index contributed by atoms with van der Waals surface area (Å²) < 4.78 is 81.2. The van der Waals surface area contributed by atoms with Gasteiger partial charge in [0.2, 0.25) is 0 Å². The summed E-state index contributed by atoms with van der Waals surface area (Å²) in [5, 5.41) is 10.0. The summed E-state index contributed by atoms with van der Waals surface area (Å²) >= 11 is 3.92. The maximum atomic E-state index is 13.8. The van der Waals surface area contributed by atoms with Crippen molar-refractivity contribution >= 4 is 33.0 Å². The maximum absolute atomic E-state index is 13.8. The molecule has 10 heteroatoms. The first-order valence-electron chi connectivity index (χ1n) is 6.60. The number of Topliss-reactive ketones (excluding diaryl/α,β-unsaturated/α-hetero) is 1. The topological polar surface area (TPSA) is 37.3 Å². The molecule has 2 rings (SSSR count). The monoisotopic (exact) mass is 446 g/mol. The van der Waals surface area contributed by atoms with Crippen LogP contribution in [-0.4, -0.2) is 17.1 Å². The molecule has 25 heavy (non-hydrogen) atoms. The summed E-state index contributed by atoms with van der Waals surface area (Å²) in [7, 11) is 0. The first kappa shape index (κ1) is 19.9. The average molecular weight is 447 g/mol. The molecule has 0 aliphatic rings. The summed E-state index contributed by atoms with van der Waals surface area (Å²) in [6, 6.07) is 1.29. The van der Waals surface area contributed by atoms with Gasteiger partial charge in [0, 0.05) is 12.1 Å². The summed E-state index contributed by atoms with van der Waals surface area (Å²) in [5.41, 5.74) is -5.39. The minimum atomic E-state index is -5.58. The Bertz CT molecular complexity index is 789. The first-order valence-corrected chi connectivity index (χ1v) is 8.21. The van der Waals surface area contributed by atoms with E-state index >= 15 is 0 Å². The van der Waals surface area contributed by atoms with E-state index in [-0.39, 0.29) is 17.0 Å². The standard InChI is InChI=1S/C15H9BrF6O2S/c1-6-2-11(25-13(6)16)10(23)5-14(24,15(20,21)22)12-8(18)3-7(17)4-9(12)19/h2-4,24H,5H2,1H3. The second-order valence-electron chi connectivity index (χ2n) is 5.27. The molecule has 0 bridgehead atoms. The van der Waals surface area contributed by atoms with Gasteiger partial charge in [-0.05, 0) is 34.5 Å². The van der Waals surface area contributed by atoms with Crippen molar-refractivity contribution in [3.63, 3.8) is 0 Å². The van der Waals surface area contributed by atoms with Crippen LogP contribution in [0.1, 0.15) is 27.2 Å². The smallest absolute Gasteiger partial charge is 0.376 e. The number of rotatable bonds is 4. The van der Waals surface area contributed by atoms with Crippen LogP contribution in [0, 0.1) is 24.4 Å². The highest BCUT2D eigenvalue weighted by Crippen LogP contribution is 2.45. The van der Waals surface area contributed by atoms with Crippen LogP contribution in [0.4, 0.5) is 26.3 Å². The number of aryl methyl sites for hydroxylation is 1. The van der Waals surface area contributed by atoms with Gasteiger partial charge in [-0.3, -0.25) is 4.79 Å². The largest absolute Gasteiger partial charge is 0.422 e. The third kappa shape index (κ3) is 3.75. The van der Waals surface area contributed by atoms with Crippen molar-refractivity contribution in [2.45, 2.75) is 25.1 Å². The Morgan fingerprint density at radius 3 is 2.08 bits per heavy atom. The van der Waals surface area contributed by atoms with E-state index in [1.807, 2.05) is 0 Å². The maximum Gasteiger partial charge on any atom is 0.422 e. The lowest BCUT2D eigenvalue weighted by molar-refractivity contribution is -0.266. The van der Waals surface area contributed by atoms with Gasteiger partial charge in [-0.1, -0.05) is 0 Å². The molecule has 1 aromatic heterocycles. The molecular formula is C15H9BrF6O2S. The molecule has 136 valence electrons. The fourth-order valence-corrected chi connectivity index (χ4v) is 3.66. The lowest BCUT2D eigenvalue weighted by Gasteiger charge is -2.30. The van der Waals surface area contributed by atoms with Gasteiger partial charge in [-0.15, -0.1) is 11.3 Å². The molecule has 1 N–H and O–H groups in total. The molecule has 0 aliphatic carbocycles. The Hall–Kier alpha value is -1.39. The van der Waals surface area contributed by atoms with Crippen LogP contribution in [0.5, 0.6) is 0 Å². The Kier molecular flexibility index (Phi) is 5.36. The predicted octanol–water partition coefficient (Wildman–Crippen LogP) is 5.26. The summed E-state index contributed by atoms with van der Waals surface area (Å²) in [4.78, 5) is 12.0. The second-order valence-corrected chi connectivity index (χ2v) is 7.64. The SMILES string of the molecule is Cc1cc(C(=O)CC(O)(c2c(F)cc(F)cc2F)C(F)(F)F)sc1Br. The number of carbonyl (C=O) groups is 1. The number of carbonyl (C=O) groups excluding carboxylic acids is 1. The van der Waals surface area contributed by atoms with E-state index in [9.17, 15) is 36.2 Å². The van der Waals surface area contributed by atoms with Gasteiger partial charge in [0.05, 0.1) is 20.6 Å². The van der Waals surface area contributed by atoms with Crippen molar-refractivity contribution in [2.24, 2.45) is 0 Å². The molecule has 2 aromatic rings. The quantitative estimate of drug-likeness (QED) is 0.513. The molecule has 0 saturated heterocycles. The number of halogens is 7. The zero-order valence-electron chi connectivity index (χ0n) is 12.3. The van der Waals surface area contributed by atoms with Gasteiger partial charge in [-0.2, -0.15) is 13.2 Å². The third-order valence-electron chi connectivity index (χ3n) is 3.44. The van der Waals surface area contributed by atoms with E-state index in [1.54, 1.807) is 6.92 Å². The van der Waals surface area contributed by atoms with Crippen molar-refractivity contribution in [3.05, 3.63) is 55.4 Å². The summed E-state index contributed by atoms with van der Waals surface area (Å²) in [5.74, 6) is -6.49. The van der Waals surface area contributed by atoms with Crippen LogP contribution in [0.3, 0.4) is 0 Å². The Balaban J connectivity index is 2.55. The van der Waals surface area contributed by atoms with Crippen molar-refractivity contribution < 1.29 is 36.2 Å². The minimum absolute atomic E-state index is 0.00543. The van der Waals surface area contributed by atoms with Crippen LogP contribution in [0.25, 0.3) is 0 Å². The third-order valence-corrected chi connectivity index (χ3v) is 5.62. The fourth-order valence-electron chi connectivity index (χ4n) is 2.18. The molecule has 2 nitrogen and oxygen atoms in total. The lowest BCUT2D eigenvalue weighted by atomic mass is 9.86. The Morgan fingerprint density at radius 2 is 1.68 bits per heavy atom. The number of hydrogen-bond acceptors (Lipinski definition) is 3. The molecule has 1 heterocycles. The molecule has 0 fully saturated rings. The number of hydrogen-bond donors (Lipinski definition) is 1. The first-order chi connectivity index (χ1) is 11.4. The van der Waals surface area contributed by atoms with E-state index in [4.69, 9.17) is 0 Å². The number of alkyl halides is 3. The molecule has 0 aliphatic heterocycles. The summed E-state index contributed by atoms with van der Waals surface area (Å²) in [6.07, 6.45) is -7.23. The van der Waals surface area contributed by atoms with Crippen LogP contribution in [0.2, 0.25) is 0 Å². The highest BCUT2D eigenvalue weighted by Gasteiger charge is 2.58. The molecule has 1 aromatic carbocycles. The van der Waals surface area contributed by atoms with E-state index in [0.717, 1.165) is 11.3 Å². The van der Waals surface area contributed by atoms with E-state index in [2.05, 4.69) is 15.9 Å². The van der Waals surface area contributed by atoms with Crippen LogP contribution < -0.4 is 0 Å². The Morgan fingerprint density at radius 1 is 1.16 bits per heavy atom. The molecule has 0 amide bonds. The second kappa shape index (κ2) is 6.73. The molecule has 0 spiro atoms. The molecule has 1 unspecified atom stereocenters. The number of ketones is 1. The van der Waals surface area contributed by atoms with Crippen molar-refractivity contribution in [2.75, 3.05) is 0 Å². The van der Waals surface area contributed by atoms with Crippen molar-refractivity contribution in [3.8, 4) is 0 Å². The van der Waals surface area contributed by atoms with Crippen molar-refractivity contribution in [1.29, 1.82) is 0 Å². The van der Waals surface area contributed by atoms with Crippen LogP contribution >= 0.6 is 27.3 Å². The van der Waals surface area contributed by atoms with E-state index in [0.29, 0.717) is 9.35 Å². The predicted molar refractivity (Wildman–Crippen MR) is 82.0 cm³/mol. The highest BCUT2D eigenvalue weighted by molar-refractivity contribution is 9.11. The van der Waals surface area contributed by atoms with E-state index < -0.39 is 47.0 Å². The van der Waals surface area contributed by atoms with Gasteiger partial charge < -0.3 is 5.11 Å². The molecule has 1 atom stereocenters. The Labute approximate surface area is 150 Å². The zero-order chi connectivity index (χ0) is 19.2. The van der Waals surface area contributed by atoms with Crippen molar-refractivity contribution in [1.82, 2.24) is 0 Å². The van der Waals surface area contributed by atoms with Gasteiger partial charge in [-0.25, -0.2) is 13.2 Å². The van der Waals surface area contributed by atoms with Gasteiger partial charge in [0.15, 0.2) is 11.4 Å². The van der Waals surface area contributed by atoms with E-state index in [1.165, 1.54) is 6.07 Å². The van der Waals surface area contributed by atoms with Crippen LogP contribution in [0.15, 0.2) is 22.0 Å². The van der Waals surface area contributed by atoms with Gasteiger partial charge >= 0.3 is 6.18 Å². The molecular weight excluding hydrogens is 438 g/mol. The average Bonchev–Trinajstić information content (AvgIpc) is 2.76. The lowest BCUT2D eigenvalue weighted by Crippen LogP contribution is -2.45. The fraction of sp³-hybridized carbons (Fsp3) is 0.267. The normalized spacial score (nSPS) is 14.4.